The number of aromatic nitrogens is 1. The van der Waals surface area contributed by atoms with Crippen LogP contribution in [-0.4, -0.2) is 47.4 Å². The summed E-state index contributed by atoms with van der Waals surface area (Å²) < 4.78 is 24.8. The summed E-state index contributed by atoms with van der Waals surface area (Å²) in [6, 6.07) is 15.8. The molecule has 2 N–H and O–H groups in total. The lowest BCUT2D eigenvalue weighted by atomic mass is 9.92. The summed E-state index contributed by atoms with van der Waals surface area (Å²) in [6.45, 7) is 0.847. The summed E-state index contributed by atoms with van der Waals surface area (Å²) in [6.07, 6.45) is 2.44. The van der Waals surface area contributed by atoms with Gasteiger partial charge in [-0.15, -0.1) is 0 Å². The van der Waals surface area contributed by atoms with Crippen LogP contribution >= 0.6 is 0 Å². The number of aliphatic imine (C=N–C) groups is 1. The number of hydrogen-bond donors (Lipinski definition) is 2. The Bertz CT molecular complexity index is 1420. The van der Waals surface area contributed by atoms with Gasteiger partial charge in [0.1, 0.15) is 24.2 Å². The quantitative estimate of drug-likeness (QED) is 0.500. The van der Waals surface area contributed by atoms with Gasteiger partial charge in [-0.1, -0.05) is 12.1 Å². The molecule has 11 heteroatoms. The Morgan fingerprint density at radius 3 is 2.39 bits per heavy atom. The highest BCUT2D eigenvalue weighted by atomic mass is 19.1. The molecule has 10 nitrogen and oxygen atoms in total. The fraction of sp³-hybridized carbons (Fsp3) is 0.222. The predicted molar refractivity (Wildman–Crippen MR) is 133 cm³/mol. The number of pyridine rings is 1. The first-order valence-corrected chi connectivity index (χ1v) is 12.1. The average Bonchev–Trinajstić information content (AvgIpc) is 3.58. The Morgan fingerprint density at radius 2 is 1.71 bits per heavy atom. The Hall–Kier alpha value is -4.80. The van der Waals surface area contributed by atoms with Gasteiger partial charge in [-0.25, -0.2) is 19.2 Å². The van der Waals surface area contributed by atoms with Crippen LogP contribution in [0.2, 0.25) is 0 Å². The van der Waals surface area contributed by atoms with Gasteiger partial charge in [0.25, 0.3) is 11.8 Å². The van der Waals surface area contributed by atoms with Crippen molar-refractivity contribution in [2.45, 2.75) is 24.4 Å². The van der Waals surface area contributed by atoms with E-state index in [9.17, 15) is 18.8 Å². The average molecular weight is 516 g/mol. The van der Waals surface area contributed by atoms with Gasteiger partial charge in [0.2, 0.25) is 11.8 Å². The number of carbonyl (C=O) groups is 3. The van der Waals surface area contributed by atoms with Gasteiger partial charge in [0, 0.05) is 18.2 Å². The van der Waals surface area contributed by atoms with E-state index in [1.807, 2.05) is 12.1 Å². The zero-order chi connectivity index (χ0) is 26.3. The van der Waals surface area contributed by atoms with Crippen molar-refractivity contribution in [2.24, 2.45) is 4.99 Å². The molecule has 1 aromatic heterocycles. The van der Waals surface area contributed by atoms with Gasteiger partial charge >= 0.3 is 6.03 Å². The number of nitrogens with one attached hydrogen (secondary N) is 2. The lowest BCUT2D eigenvalue weighted by Gasteiger charge is -2.38. The number of barbiturate groups is 1. The van der Waals surface area contributed by atoms with Gasteiger partial charge < -0.3 is 14.4 Å². The van der Waals surface area contributed by atoms with Gasteiger partial charge in [0.15, 0.2) is 5.54 Å². The number of hydrogen-bond acceptors (Lipinski definition) is 8. The molecule has 0 radical (unpaired) electrons. The number of urea groups is 1. The molecule has 6 rings (SSSR count). The van der Waals surface area contributed by atoms with Crippen molar-refractivity contribution in [1.29, 1.82) is 0 Å². The predicted octanol–water partition coefficient (Wildman–Crippen LogP) is 3.24. The molecule has 2 saturated heterocycles. The molecular formula is C27H22FN5O5. The summed E-state index contributed by atoms with van der Waals surface area (Å²) in [5.41, 5.74) is 0.757. The number of carbonyl (C=O) groups excluding carboxylic acids is 3. The van der Waals surface area contributed by atoms with Crippen molar-refractivity contribution in [2.75, 3.05) is 18.1 Å². The molecule has 2 fully saturated rings. The smallest absolute Gasteiger partial charge is 0.328 e. The van der Waals surface area contributed by atoms with Crippen LogP contribution in [0.15, 0.2) is 71.9 Å². The van der Waals surface area contributed by atoms with Gasteiger partial charge in [-0.3, -0.25) is 20.2 Å². The minimum atomic E-state index is -1.48. The fourth-order valence-corrected chi connectivity index (χ4v) is 4.95. The molecule has 1 unspecified atom stereocenters. The van der Waals surface area contributed by atoms with Gasteiger partial charge in [-0.05, 0) is 60.9 Å². The normalized spacial score (nSPS) is 20.1. The maximum absolute atomic E-state index is 13.2. The van der Waals surface area contributed by atoms with E-state index in [-0.39, 0.29) is 11.9 Å². The van der Waals surface area contributed by atoms with E-state index in [0.717, 1.165) is 11.1 Å². The van der Waals surface area contributed by atoms with E-state index in [0.29, 0.717) is 49.2 Å². The summed E-state index contributed by atoms with van der Waals surface area (Å²) in [4.78, 5) is 47.4. The maximum atomic E-state index is 13.2. The first-order valence-electron chi connectivity index (χ1n) is 12.1. The molecule has 2 aromatic carbocycles. The highest BCUT2D eigenvalue weighted by Crippen LogP contribution is 2.36. The monoisotopic (exact) mass is 515 g/mol. The summed E-state index contributed by atoms with van der Waals surface area (Å²) in [5.74, 6) is -0.185. The third-order valence-electron chi connectivity index (χ3n) is 6.85. The van der Waals surface area contributed by atoms with Crippen molar-refractivity contribution in [3.63, 3.8) is 0 Å². The second-order valence-electron chi connectivity index (χ2n) is 9.15. The van der Waals surface area contributed by atoms with Gasteiger partial charge in [0.05, 0.1) is 11.9 Å². The van der Waals surface area contributed by atoms with Crippen LogP contribution < -0.4 is 20.3 Å². The molecule has 3 aromatic rings. The van der Waals surface area contributed by atoms with Crippen LogP contribution in [-0.2, 0) is 14.3 Å². The Labute approximate surface area is 216 Å². The minimum absolute atomic E-state index is 0.190. The molecule has 3 aliphatic heterocycles. The van der Waals surface area contributed by atoms with Crippen LogP contribution in [0.1, 0.15) is 30.0 Å². The van der Waals surface area contributed by atoms with E-state index < -0.39 is 23.4 Å². The molecule has 0 bridgehead atoms. The fourth-order valence-electron chi connectivity index (χ4n) is 4.95. The number of amides is 4. The van der Waals surface area contributed by atoms with E-state index in [1.165, 1.54) is 18.3 Å². The van der Waals surface area contributed by atoms with Crippen molar-refractivity contribution in [3.8, 4) is 11.6 Å². The Balaban J connectivity index is 1.13. The third-order valence-corrected chi connectivity index (χ3v) is 6.85. The standard InChI is InChI=1S/C27H22FN5O5/c28-18-6-2-16(3-7-18)21-15-37-23(30-21)17-4-9-20(10-5-17)38-22-11-8-19(14-29-22)33-13-1-12-27(33)24(34)31-26(36)32-25(27)35/h2-11,14,21H,1,12-13,15H2,(H2,31,32,34,35,36). The van der Waals surface area contributed by atoms with Gasteiger partial charge in [-0.2, -0.15) is 0 Å². The van der Waals surface area contributed by atoms with Crippen molar-refractivity contribution < 1.29 is 28.2 Å². The summed E-state index contributed by atoms with van der Waals surface area (Å²) in [7, 11) is 0. The number of rotatable bonds is 5. The second-order valence-corrected chi connectivity index (χ2v) is 9.15. The summed E-state index contributed by atoms with van der Waals surface area (Å²) >= 11 is 0. The SMILES string of the molecule is O=C1NC(=O)C2(CCCN2c2ccc(Oc3ccc(C4=NC(c5ccc(F)cc5)CO4)cc3)nc2)C(=O)N1. The number of ether oxygens (including phenoxy) is 2. The van der Waals surface area contributed by atoms with Crippen LogP contribution in [0.5, 0.6) is 11.6 Å². The molecule has 38 heavy (non-hydrogen) atoms. The highest BCUT2D eigenvalue weighted by Gasteiger charge is 2.57. The first-order chi connectivity index (χ1) is 18.4. The molecule has 4 amide bonds. The Morgan fingerprint density at radius 1 is 0.974 bits per heavy atom. The van der Waals surface area contributed by atoms with E-state index in [1.54, 1.807) is 41.3 Å². The molecule has 4 heterocycles. The molecule has 1 atom stereocenters. The van der Waals surface area contributed by atoms with E-state index in [2.05, 4.69) is 20.6 Å². The van der Waals surface area contributed by atoms with E-state index in [4.69, 9.17) is 9.47 Å². The lowest BCUT2D eigenvalue weighted by Crippen LogP contribution is -2.71. The molecule has 0 aliphatic carbocycles. The zero-order valence-corrected chi connectivity index (χ0v) is 20.0. The number of anilines is 1. The number of benzene rings is 2. The van der Waals surface area contributed by atoms with E-state index >= 15 is 0 Å². The topological polar surface area (TPSA) is 122 Å². The van der Waals surface area contributed by atoms with Crippen LogP contribution in [0.25, 0.3) is 0 Å². The molecule has 1 spiro atoms. The molecule has 0 saturated carbocycles. The lowest BCUT2D eigenvalue weighted by molar-refractivity contribution is -0.137. The number of imide groups is 2. The van der Waals surface area contributed by atoms with Crippen LogP contribution in [0, 0.1) is 5.82 Å². The maximum Gasteiger partial charge on any atom is 0.328 e. The van der Waals surface area contributed by atoms with Crippen LogP contribution in [0.3, 0.4) is 0 Å². The summed E-state index contributed by atoms with van der Waals surface area (Å²) in [5, 5.41) is 4.39. The minimum Gasteiger partial charge on any atom is -0.475 e. The number of nitrogens with zero attached hydrogens (tertiary/aromatic N) is 3. The molecule has 3 aliphatic rings. The highest BCUT2D eigenvalue weighted by molar-refractivity contribution is 6.24. The molecular weight excluding hydrogens is 493 g/mol. The zero-order valence-electron chi connectivity index (χ0n) is 20.0. The first kappa shape index (κ1) is 23.6. The third kappa shape index (κ3) is 4.11. The number of halogens is 1. The van der Waals surface area contributed by atoms with Crippen molar-refractivity contribution in [3.05, 3.63) is 83.8 Å². The van der Waals surface area contributed by atoms with Crippen molar-refractivity contribution in [1.82, 2.24) is 15.6 Å². The van der Waals surface area contributed by atoms with Crippen LogP contribution in [0.4, 0.5) is 14.9 Å². The second kappa shape index (κ2) is 9.25. The largest absolute Gasteiger partial charge is 0.475 e. The van der Waals surface area contributed by atoms with Crippen molar-refractivity contribution >= 4 is 29.4 Å². The molecule has 192 valence electrons. The Kier molecular flexibility index (Phi) is 5.74.